The second kappa shape index (κ2) is 4.59. The van der Waals surface area contributed by atoms with E-state index < -0.39 is 0 Å². The Kier molecular flexibility index (Phi) is 3.57. The van der Waals surface area contributed by atoms with Crippen molar-refractivity contribution in [2.75, 3.05) is 11.4 Å². The Bertz CT molecular complexity index is 412. The van der Waals surface area contributed by atoms with Crippen LogP contribution in [0.4, 0.5) is 5.69 Å². The van der Waals surface area contributed by atoms with Gasteiger partial charge in [-0.15, -0.1) is 0 Å². The van der Waals surface area contributed by atoms with Crippen molar-refractivity contribution in [2.45, 2.75) is 11.2 Å². The molecule has 2 nitrogen and oxygen atoms in total. The number of alkyl halides is 1. The van der Waals surface area contributed by atoms with Crippen molar-refractivity contribution in [3.05, 3.63) is 26.8 Å². The fourth-order valence-electron chi connectivity index (χ4n) is 1.59. The number of carbonyl (C=O) groups is 1. The van der Waals surface area contributed by atoms with Gasteiger partial charge in [0.2, 0.25) is 5.91 Å². The number of benzene rings is 1. The van der Waals surface area contributed by atoms with Crippen LogP contribution in [-0.2, 0) is 4.79 Å². The Morgan fingerprint density at radius 1 is 1.53 bits per heavy atom. The molecule has 0 spiro atoms. The summed E-state index contributed by atoms with van der Waals surface area (Å²) < 4.78 is 1.05. The monoisotopic (exact) mass is 399 g/mol. The summed E-state index contributed by atoms with van der Waals surface area (Å²) in [5.41, 5.74) is 0.912. The Labute approximate surface area is 115 Å². The molecule has 1 aromatic carbocycles. The van der Waals surface area contributed by atoms with E-state index in [1.165, 1.54) is 0 Å². The van der Waals surface area contributed by atoms with Gasteiger partial charge in [-0.3, -0.25) is 4.79 Å². The third-order valence-corrected chi connectivity index (χ3v) is 4.04. The molecule has 1 amide bonds. The van der Waals surface area contributed by atoms with E-state index in [1.807, 2.05) is 18.2 Å². The maximum atomic E-state index is 11.7. The summed E-state index contributed by atoms with van der Waals surface area (Å²) in [5.74, 6) is 0.150. The molecule has 2 rings (SSSR count). The highest BCUT2D eigenvalue weighted by molar-refractivity contribution is 14.1. The number of nitrogens with zero attached hydrogens (tertiary/aromatic N) is 1. The van der Waals surface area contributed by atoms with Gasteiger partial charge >= 0.3 is 0 Å². The van der Waals surface area contributed by atoms with E-state index >= 15 is 0 Å². The van der Waals surface area contributed by atoms with Crippen LogP contribution in [0.5, 0.6) is 0 Å². The molecule has 1 aliphatic rings. The summed E-state index contributed by atoms with van der Waals surface area (Å²) in [4.78, 5) is 13.7. The van der Waals surface area contributed by atoms with E-state index in [-0.39, 0.29) is 10.7 Å². The molecule has 0 bridgehead atoms. The van der Waals surface area contributed by atoms with Gasteiger partial charge in [-0.25, -0.2) is 0 Å². The van der Waals surface area contributed by atoms with Crippen LogP contribution in [0.2, 0.25) is 5.02 Å². The lowest BCUT2D eigenvalue weighted by molar-refractivity contribution is -0.117. The van der Waals surface area contributed by atoms with Gasteiger partial charge in [-0.2, -0.15) is 0 Å². The molecule has 15 heavy (non-hydrogen) atoms. The van der Waals surface area contributed by atoms with E-state index in [2.05, 4.69) is 38.5 Å². The van der Waals surface area contributed by atoms with Crippen LogP contribution in [0.1, 0.15) is 6.42 Å². The number of carbonyl (C=O) groups excluding carboxylic acids is 1. The predicted octanol–water partition coefficient (Wildman–Crippen LogP) is 3.44. The van der Waals surface area contributed by atoms with E-state index in [0.717, 1.165) is 15.8 Å². The first kappa shape index (κ1) is 11.7. The topological polar surface area (TPSA) is 20.3 Å². The highest BCUT2D eigenvalue weighted by Gasteiger charge is 2.29. The highest BCUT2D eigenvalue weighted by atomic mass is 127. The third-order valence-electron chi connectivity index (χ3n) is 2.28. The maximum Gasteiger partial charge on any atom is 0.228 e. The number of halogens is 3. The zero-order valence-electron chi connectivity index (χ0n) is 7.71. The first-order valence-corrected chi connectivity index (χ1v) is 6.84. The van der Waals surface area contributed by atoms with Crippen molar-refractivity contribution >= 4 is 61.7 Å². The summed E-state index contributed by atoms with van der Waals surface area (Å²) >= 11 is 11.6. The fraction of sp³-hybridized carbons (Fsp3) is 0.300. The van der Waals surface area contributed by atoms with Gasteiger partial charge in [-0.1, -0.05) is 27.5 Å². The Balaban J connectivity index is 2.37. The molecule has 1 aliphatic heterocycles. The number of amides is 1. The molecular formula is C10H8BrClINO. The lowest BCUT2D eigenvalue weighted by Crippen LogP contribution is -2.25. The van der Waals surface area contributed by atoms with Gasteiger partial charge in [0.05, 0.1) is 5.69 Å². The van der Waals surface area contributed by atoms with Crippen molar-refractivity contribution in [1.29, 1.82) is 0 Å². The SMILES string of the molecule is O=C1CC(Br)CN1c1cc(Cl)ccc1I. The molecule has 1 aromatic rings. The molecule has 80 valence electrons. The Morgan fingerprint density at radius 2 is 2.27 bits per heavy atom. The van der Waals surface area contributed by atoms with Crippen LogP contribution in [0.25, 0.3) is 0 Å². The van der Waals surface area contributed by atoms with Gasteiger partial charge in [-0.05, 0) is 40.8 Å². The first-order valence-electron chi connectivity index (χ1n) is 4.47. The maximum absolute atomic E-state index is 11.7. The molecule has 1 atom stereocenters. The normalized spacial score (nSPS) is 21.1. The van der Waals surface area contributed by atoms with Crippen LogP contribution in [0, 0.1) is 3.57 Å². The second-order valence-electron chi connectivity index (χ2n) is 3.40. The average molecular weight is 400 g/mol. The zero-order chi connectivity index (χ0) is 11.0. The van der Waals surface area contributed by atoms with Crippen molar-refractivity contribution in [3.8, 4) is 0 Å². The van der Waals surface area contributed by atoms with Crippen molar-refractivity contribution in [3.63, 3.8) is 0 Å². The molecule has 1 unspecified atom stereocenters. The molecule has 1 saturated heterocycles. The van der Waals surface area contributed by atoms with Gasteiger partial charge < -0.3 is 4.90 Å². The van der Waals surface area contributed by atoms with E-state index in [1.54, 1.807) is 4.90 Å². The summed E-state index contributed by atoms with van der Waals surface area (Å²) in [6.45, 7) is 0.717. The average Bonchev–Trinajstić information content (AvgIpc) is 2.50. The molecule has 1 fully saturated rings. The number of rotatable bonds is 1. The van der Waals surface area contributed by atoms with Gasteiger partial charge in [0.1, 0.15) is 0 Å². The summed E-state index contributed by atoms with van der Waals surface area (Å²) in [5, 5.41) is 0.663. The quantitative estimate of drug-likeness (QED) is 0.522. The number of hydrogen-bond acceptors (Lipinski definition) is 1. The second-order valence-corrected chi connectivity index (χ2v) is 6.30. The molecular weight excluding hydrogens is 392 g/mol. The minimum atomic E-state index is 0.150. The molecule has 0 N–H and O–H groups in total. The van der Waals surface area contributed by atoms with Crippen LogP contribution >= 0.6 is 50.1 Å². The summed E-state index contributed by atoms with van der Waals surface area (Å²) in [6.07, 6.45) is 0.558. The zero-order valence-corrected chi connectivity index (χ0v) is 12.2. The molecule has 0 saturated carbocycles. The van der Waals surface area contributed by atoms with Crippen LogP contribution in [-0.4, -0.2) is 17.3 Å². The third kappa shape index (κ3) is 2.47. The van der Waals surface area contributed by atoms with Crippen LogP contribution < -0.4 is 4.90 Å². The lowest BCUT2D eigenvalue weighted by Gasteiger charge is -2.17. The largest absolute Gasteiger partial charge is 0.310 e. The standard InChI is InChI=1S/C10H8BrClINO/c11-6-3-10(15)14(5-6)9-4-7(12)1-2-8(9)13/h1-2,4,6H,3,5H2. The van der Waals surface area contributed by atoms with Gasteiger partial charge in [0.25, 0.3) is 0 Å². The van der Waals surface area contributed by atoms with Crippen molar-refractivity contribution < 1.29 is 4.79 Å². The van der Waals surface area contributed by atoms with Gasteiger partial charge in [0, 0.05) is 26.4 Å². The number of hydrogen-bond donors (Lipinski definition) is 0. The molecule has 1 heterocycles. The predicted molar refractivity (Wildman–Crippen MR) is 73.9 cm³/mol. The van der Waals surface area contributed by atoms with E-state index in [9.17, 15) is 4.79 Å². The van der Waals surface area contributed by atoms with E-state index in [4.69, 9.17) is 11.6 Å². The Morgan fingerprint density at radius 3 is 2.87 bits per heavy atom. The summed E-state index contributed by atoms with van der Waals surface area (Å²) in [7, 11) is 0. The first-order chi connectivity index (χ1) is 7.08. The minimum Gasteiger partial charge on any atom is -0.310 e. The van der Waals surface area contributed by atoms with Crippen LogP contribution in [0.3, 0.4) is 0 Å². The van der Waals surface area contributed by atoms with Crippen LogP contribution in [0.15, 0.2) is 18.2 Å². The molecule has 0 aliphatic carbocycles. The lowest BCUT2D eigenvalue weighted by atomic mass is 10.3. The molecule has 0 radical (unpaired) electrons. The minimum absolute atomic E-state index is 0.150. The van der Waals surface area contributed by atoms with Crippen molar-refractivity contribution in [1.82, 2.24) is 0 Å². The molecule has 0 aromatic heterocycles. The fourth-order valence-corrected chi connectivity index (χ4v) is 2.95. The van der Waals surface area contributed by atoms with E-state index in [0.29, 0.717) is 11.4 Å². The number of anilines is 1. The molecule has 5 heteroatoms. The van der Waals surface area contributed by atoms with Gasteiger partial charge in [0.15, 0.2) is 0 Å². The summed E-state index contributed by atoms with van der Waals surface area (Å²) in [6, 6.07) is 5.60. The Hall–Kier alpha value is 0.190. The van der Waals surface area contributed by atoms with Crippen molar-refractivity contribution in [2.24, 2.45) is 0 Å². The smallest absolute Gasteiger partial charge is 0.228 e. The highest BCUT2D eigenvalue weighted by Crippen LogP contribution is 2.31.